The smallest absolute Gasteiger partial charge is 0.246 e. The number of nitrogens with two attached hydrogens (primary N) is 1. The minimum atomic E-state index is -0.845. The van der Waals surface area contributed by atoms with Crippen LogP contribution >= 0.6 is 0 Å². The van der Waals surface area contributed by atoms with Gasteiger partial charge in [-0.05, 0) is 60.4 Å². The van der Waals surface area contributed by atoms with E-state index in [1.165, 1.54) is 15.9 Å². The van der Waals surface area contributed by atoms with Crippen LogP contribution < -0.4 is 5.73 Å². The third kappa shape index (κ3) is 8.99. The molecule has 3 N–H and O–H groups in total. The lowest BCUT2D eigenvalue weighted by Crippen LogP contribution is -2.57. The molecule has 8 nitrogen and oxygen atoms in total. The Bertz CT molecular complexity index is 1530. The third-order valence-electron chi connectivity index (χ3n) is 10.1. The summed E-state index contributed by atoms with van der Waals surface area (Å²) in [6.07, 6.45) is 9.32. The van der Waals surface area contributed by atoms with E-state index in [0.717, 1.165) is 47.9 Å². The monoisotopic (exact) mass is 650 g/mol. The molecule has 0 unspecified atom stereocenters. The molecule has 2 aliphatic rings. The van der Waals surface area contributed by atoms with Crippen molar-refractivity contribution >= 4 is 17.7 Å². The molecule has 1 saturated carbocycles. The van der Waals surface area contributed by atoms with Crippen LogP contribution in [0.25, 0.3) is 11.1 Å². The molecule has 48 heavy (non-hydrogen) atoms. The average molecular weight is 651 g/mol. The second kappa shape index (κ2) is 16.2. The number of rotatable bonds is 12. The molecule has 2 atom stereocenters. The largest absolute Gasteiger partial charge is 0.393 e. The maximum atomic E-state index is 14.6. The Morgan fingerprint density at radius 1 is 0.812 bits per heavy atom. The lowest BCUT2D eigenvalue weighted by molar-refractivity contribution is -0.150. The van der Waals surface area contributed by atoms with Crippen molar-refractivity contribution in [1.29, 1.82) is 0 Å². The predicted molar refractivity (Wildman–Crippen MR) is 190 cm³/mol. The van der Waals surface area contributed by atoms with Crippen LogP contribution in [0, 0.1) is 0 Å². The Hall–Kier alpha value is -4.27. The zero-order chi connectivity index (χ0) is 34.1. The van der Waals surface area contributed by atoms with Crippen molar-refractivity contribution in [2.24, 2.45) is 5.73 Å². The summed E-state index contributed by atoms with van der Waals surface area (Å²) in [6, 6.07) is 26.2. The molecule has 3 amide bonds. The number of aliphatic hydroxyl groups excluding tert-OH is 1. The van der Waals surface area contributed by atoms with E-state index in [1.54, 1.807) is 19.0 Å². The van der Waals surface area contributed by atoms with E-state index in [2.05, 4.69) is 12.1 Å². The van der Waals surface area contributed by atoms with Crippen molar-refractivity contribution in [2.75, 3.05) is 27.2 Å². The molecule has 5 rings (SSSR count). The summed E-state index contributed by atoms with van der Waals surface area (Å²) >= 11 is 0. The first-order valence-corrected chi connectivity index (χ1v) is 17.3. The van der Waals surface area contributed by atoms with E-state index >= 15 is 0 Å². The van der Waals surface area contributed by atoms with Gasteiger partial charge in [0.05, 0.1) is 6.10 Å². The van der Waals surface area contributed by atoms with Crippen LogP contribution in [-0.4, -0.2) is 88.4 Å². The van der Waals surface area contributed by atoms with Crippen molar-refractivity contribution in [3.63, 3.8) is 0 Å². The number of nitrogens with zero attached hydrogens (tertiary/aromatic N) is 3. The number of amides is 3. The molecule has 2 fully saturated rings. The number of likely N-dealkylation sites (tertiary alicyclic amines) is 1. The number of piperidine rings is 1. The number of carbonyl (C=O) groups excluding carboxylic acids is 3. The van der Waals surface area contributed by atoms with Gasteiger partial charge in [0.2, 0.25) is 17.7 Å². The van der Waals surface area contributed by atoms with E-state index in [4.69, 9.17) is 5.73 Å². The fourth-order valence-corrected chi connectivity index (χ4v) is 6.94. The molecular weight excluding hydrogens is 600 g/mol. The summed E-state index contributed by atoms with van der Waals surface area (Å²) in [4.78, 5) is 47.0. The third-order valence-corrected chi connectivity index (χ3v) is 10.1. The molecular formula is C40H50N4O4. The van der Waals surface area contributed by atoms with Crippen molar-refractivity contribution in [2.45, 2.75) is 81.5 Å². The van der Waals surface area contributed by atoms with Gasteiger partial charge in [0.1, 0.15) is 12.1 Å². The number of hydrogen-bond acceptors (Lipinski definition) is 5. The summed E-state index contributed by atoms with van der Waals surface area (Å²) in [6.45, 7) is 0.882. The highest BCUT2D eigenvalue weighted by Gasteiger charge is 2.37. The quantitative estimate of drug-likeness (QED) is 0.269. The lowest BCUT2D eigenvalue weighted by Gasteiger charge is -2.38. The molecule has 8 heteroatoms. The van der Waals surface area contributed by atoms with Gasteiger partial charge in [0, 0.05) is 45.6 Å². The van der Waals surface area contributed by atoms with E-state index in [9.17, 15) is 19.5 Å². The first kappa shape index (κ1) is 35.0. The van der Waals surface area contributed by atoms with Crippen LogP contribution in [0.1, 0.15) is 56.1 Å². The van der Waals surface area contributed by atoms with Crippen molar-refractivity contribution in [3.8, 4) is 11.1 Å². The molecule has 3 aromatic rings. The standard InChI is InChI=1S/C40H50N4O4/c1-42(37(46)16-11-25-40(41)23-9-10-24-40)35(29-31-17-19-33(20-18-31)32-14-7-4-8-15-32)38(47)43(2)36(28-30-12-5-3-6-13-30)39(48)44-26-21-34(45)22-27-44/h3-8,11-20,34-36,45H,9-10,21-29,41H2,1-2H3/b16-11+/t35-,36-/m1/s1. The van der Waals surface area contributed by atoms with E-state index in [0.29, 0.717) is 38.8 Å². The van der Waals surface area contributed by atoms with Gasteiger partial charge in [-0.3, -0.25) is 14.4 Å². The molecule has 1 saturated heterocycles. The molecule has 3 aromatic carbocycles. The molecule has 1 aliphatic heterocycles. The van der Waals surface area contributed by atoms with Gasteiger partial charge in [-0.2, -0.15) is 0 Å². The summed E-state index contributed by atoms with van der Waals surface area (Å²) < 4.78 is 0. The van der Waals surface area contributed by atoms with Crippen LogP contribution in [0.15, 0.2) is 97.1 Å². The van der Waals surface area contributed by atoms with Crippen molar-refractivity contribution in [1.82, 2.24) is 14.7 Å². The van der Waals surface area contributed by atoms with Gasteiger partial charge in [-0.25, -0.2) is 0 Å². The van der Waals surface area contributed by atoms with Gasteiger partial charge in [0.25, 0.3) is 0 Å². The first-order valence-electron chi connectivity index (χ1n) is 17.3. The van der Waals surface area contributed by atoms with E-state index in [-0.39, 0.29) is 29.7 Å². The average Bonchev–Trinajstić information content (AvgIpc) is 3.55. The second-order valence-electron chi connectivity index (χ2n) is 13.6. The second-order valence-corrected chi connectivity index (χ2v) is 13.6. The van der Waals surface area contributed by atoms with Gasteiger partial charge >= 0.3 is 0 Å². The minimum Gasteiger partial charge on any atom is -0.393 e. The summed E-state index contributed by atoms with van der Waals surface area (Å²) in [7, 11) is 3.33. The predicted octanol–water partition coefficient (Wildman–Crippen LogP) is 4.99. The number of aliphatic hydroxyl groups is 1. The molecule has 0 radical (unpaired) electrons. The highest BCUT2D eigenvalue weighted by atomic mass is 16.3. The Balaban J connectivity index is 1.40. The van der Waals surface area contributed by atoms with E-state index < -0.39 is 18.2 Å². The van der Waals surface area contributed by atoms with Crippen LogP contribution in [0.2, 0.25) is 0 Å². The summed E-state index contributed by atoms with van der Waals surface area (Å²) in [5, 5.41) is 10.1. The maximum absolute atomic E-state index is 14.6. The van der Waals surface area contributed by atoms with Crippen LogP contribution in [0.4, 0.5) is 0 Å². The maximum Gasteiger partial charge on any atom is 0.246 e. The van der Waals surface area contributed by atoms with E-state index in [1.807, 2.05) is 78.9 Å². The highest BCUT2D eigenvalue weighted by Crippen LogP contribution is 2.30. The Labute approximate surface area is 285 Å². The minimum absolute atomic E-state index is 0.147. The van der Waals surface area contributed by atoms with Crippen molar-refractivity contribution < 1.29 is 19.5 Å². The van der Waals surface area contributed by atoms with Gasteiger partial charge in [0.15, 0.2) is 0 Å². The van der Waals surface area contributed by atoms with Gasteiger partial charge < -0.3 is 25.5 Å². The molecule has 254 valence electrons. The fourth-order valence-electron chi connectivity index (χ4n) is 6.94. The highest BCUT2D eigenvalue weighted by molar-refractivity contribution is 5.95. The molecule has 1 heterocycles. The van der Waals surface area contributed by atoms with Crippen molar-refractivity contribution in [3.05, 3.63) is 108 Å². The normalized spacial score (nSPS) is 17.6. The van der Waals surface area contributed by atoms with Gasteiger partial charge in [-0.1, -0.05) is 104 Å². The van der Waals surface area contributed by atoms with Crippen LogP contribution in [0.3, 0.4) is 0 Å². The van der Waals surface area contributed by atoms with Crippen LogP contribution in [0.5, 0.6) is 0 Å². The molecule has 0 bridgehead atoms. The Kier molecular flexibility index (Phi) is 11.8. The summed E-state index contributed by atoms with van der Waals surface area (Å²) in [5.74, 6) is -0.727. The lowest BCUT2D eigenvalue weighted by atomic mass is 9.94. The SMILES string of the molecule is CN(C(=O)/C=C/CC1(N)CCCC1)[C@H](Cc1ccc(-c2ccccc2)cc1)C(=O)N(C)[C@H](Cc1ccccc1)C(=O)N1CCC(O)CC1. The van der Waals surface area contributed by atoms with Crippen LogP contribution in [-0.2, 0) is 27.2 Å². The fraction of sp³-hybridized carbons (Fsp3) is 0.425. The zero-order valence-corrected chi connectivity index (χ0v) is 28.3. The Morgan fingerprint density at radius 2 is 1.35 bits per heavy atom. The first-order chi connectivity index (χ1) is 23.1. The summed E-state index contributed by atoms with van der Waals surface area (Å²) in [5.41, 5.74) is 10.3. The zero-order valence-electron chi connectivity index (χ0n) is 28.3. The number of likely N-dealkylation sites (N-methyl/N-ethyl adjacent to an activating group) is 2. The molecule has 0 spiro atoms. The molecule has 0 aromatic heterocycles. The Morgan fingerprint density at radius 3 is 1.98 bits per heavy atom. The van der Waals surface area contributed by atoms with Gasteiger partial charge in [-0.15, -0.1) is 0 Å². The topological polar surface area (TPSA) is 107 Å². The number of hydrogen-bond donors (Lipinski definition) is 2. The number of carbonyl (C=O) groups is 3. The molecule has 1 aliphatic carbocycles. The number of benzene rings is 3.